The molecule has 3 atom stereocenters. The van der Waals surface area contributed by atoms with E-state index < -0.39 is 21.6 Å². The molecule has 3 rings (SSSR count). The summed E-state index contributed by atoms with van der Waals surface area (Å²) in [7, 11) is -1.53. The van der Waals surface area contributed by atoms with Crippen molar-refractivity contribution in [3.05, 3.63) is 46.6 Å². The topological polar surface area (TPSA) is 94.9 Å². The molecule has 0 saturated carbocycles. The van der Waals surface area contributed by atoms with E-state index in [0.29, 0.717) is 50.0 Å². The van der Waals surface area contributed by atoms with E-state index in [4.69, 9.17) is 16.3 Å². The maximum absolute atomic E-state index is 13.7. The standard InChI is InChI=1S/C30H43ClF3N5O4S/c1-7-25-16-27(17-26(8-2)39(25)29(40)43-20(3)4)38(19-22-13-23(30(32,33)34)15-24(31)14-22)28(35-6)36-18-21(5)37-9-11-44(41,42)12-10-37/h13-15,18,20,25-27H,5,7-12,16-17,19H2,1-4,6H3/t25-,26+,27?. The first-order chi connectivity index (χ1) is 20.6. The van der Waals surface area contributed by atoms with Crippen molar-refractivity contribution in [1.29, 1.82) is 0 Å². The second kappa shape index (κ2) is 15.0. The van der Waals surface area contributed by atoms with Crippen LogP contribution in [0.3, 0.4) is 0 Å². The molecule has 0 aromatic heterocycles. The molecule has 44 heavy (non-hydrogen) atoms. The van der Waals surface area contributed by atoms with Crippen LogP contribution in [0, 0.1) is 0 Å². The fraction of sp³-hybridized carbons (Fsp3) is 0.633. The van der Waals surface area contributed by atoms with E-state index in [0.717, 1.165) is 12.1 Å². The minimum Gasteiger partial charge on any atom is -0.447 e. The number of rotatable bonds is 8. The maximum atomic E-state index is 13.7. The van der Waals surface area contributed by atoms with Gasteiger partial charge in [0.1, 0.15) is 0 Å². The number of sulfone groups is 1. The first-order valence-electron chi connectivity index (χ1n) is 14.9. The molecule has 1 amide bonds. The van der Waals surface area contributed by atoms with Crippen LogP contribution in [0.5, 0.6) is 0 Å². The Morgan fingerprint density at radius 3 is 2.25 bits per heavy atom. The van der Waals surface area contributed by atoms with Crippen molar-refractivity contribution >= 4 is 39.7 Å². The third kappa shape index (κ3) is 9.35. The van der Waals surface area contributed by atoms with Crippen LogP contribution in [-0.2, 0) is 27.3 Å². The van der Waals surface area contributed by atoms with Gasteiger partial charge in [0.05, 0.1) is 29.4 Å². The van der Waals surface area contributed by atoms with E-state index in [2.05, 4.69) is 16.6 Å². The summed E-state index contributed by atoms with van der Waals surface area (Å²) in [6.45, 7) is 12.2. The molecule has 9 nitrogen and oxygen atoms in total. The van der Waals surface area contributed by atoms with Crippen molar-refractivity contribution in [2.24, 2.45) is 9.98 Å². The van der Waals surface area contributed by atoms with Crippen molar-refractivity contribution in [1.82, 2.24) is 14.7 Å². The molecule has 0 N–H and O–H groups in total. The number of aliphatic imine (C=N–C) groups is 2. The zero-order valence-corrected chi connectivity index (χ0v) is 27.6. The van der Waals surface area contributed by atoms with Crippen LogP contribution in [-0.4, -0.2) is 97.3 Å². The molecule has 246 valence electrons. The zero-order chi connectivity index (χ0) is 32.8. The molecule has 1 aromatic rings. The van der Waals surface area contributed by atoms with Gasteiger partial charge in [0.15, 0.2) is 9.84 Å². The molecule has 2 aliphatic heterocycles. The number of benzene rings is 1. The number of guanidine groups is 1. The minimum atomic E-state index is -4.58. The normalized spacial score (nSPS) is 22.9. The van der Waals surface area contributed by atoms with E-state index >= 15 is 0 Å². The summed E-state index contributed by atoms with van der Waals surface area (Å²) in [5.41, 5.74) is -0.00722. The van der Waals surface area contributed by atoms with Gasteiger partial charge < -0.3 is 19.4 Å². The predicted octanol–water partition coefficient (Wildman–Crippen LogP) is 6.03. The molecule has 0 radical (unpaired) electrons. The Balaban J connectivity index is 1.98. The van der Waals surface area contributed by atoms with E-state index in [9.17, 15) is 26.4 Å². The number of carbonyl (C=O) groups excluding carboxylic acids is 1. The lowest BCUT2D eigenvalue weighted by atomic mass is 9.87. The number of likely N-dealkylation sites (tertiary alicyclic amines) is 1. The van der Waals surface area contributed by atoms with Crippen LogP contribution >= 0.6 is 11.6 Å². The molecule has 2 fully saturated rings. The fourth-order valence-electron chi connectivity index (χ4n) is 5.73. The summed E-state index contributed by atoms with van der Waals surface area (Å²) < 4.78 is 70.3. The van der Waals surface area contributed by atoms with Crippen molar-refractivity contribution in [2.75, 3.05) is 31.6 Å². The lowest BCUT2D eigenvalue weighted by molar-refractivity contribution is -0.137. The zero-order valence-electron chi connectivity index (χ0n) is 26.0. The van der Waals surface area contributed by atoms with Crippen LogP contribution in [0.25, 0.3) is 0 Å². The van der Waals surface area contributed by atoms with Gasteiger partial charge in [-0.2, -0.15) is 13.2 Å². The first-order valence-corrected chi connectivity index (χ1v) is 17.1. The molecule has 0 spiro atoms. The van der Waals surface area contributed by atoms with E-state index in [1.165, 1.54) is 12.3 Å². The highest BCUT2D eigenvalue weighted by Crippen LogP contribution is 2.35. The predicted molar refractivity (Wildman–Crippen MR) is 168 cm³/mol. The van der Waals surface area contributed by atoms with E-state index in [-0.39, 0.29) is 59.4 Å². The number of hydrogen-bond donors (Lipinski definition) is 0. The summed E-state index contributed by atoms with van der Waals surface area (Å²) in [5.74, 6) is 0.314. The monoisotopic (exact) mass is 661 g/mol. The number of halogens is 4. The Kier molecular flexibility index (Phi) is 12.2. The third-order valence-electron chi connectivity index (χ3n) is 7.98. The first kappa shape index (κ1) is 35.7. The second-order valence-corrected chi connectivity index (χ2v) is 14.2. The molecule has 2 saturated heterocycles. The maximum Gasteiger partial charge on any atom is 0.416 e. The van der Waals surface area contributed by atoms with Gasteiger partial charge in [-0.05, 0) is 63.3 Å². The number of hydrogen-bond acceptors (Lipinski definition) is 6. The van der Waals surface area contributed by atoms with Crippen molar-refractivity contribution < 1.29 is 31.1 Å². The second-order valence-electron chi connectivity index (χ2n) is 11.5. The quantitative estimate of drug-likeness (QED) is 0.250. The number of nitrogens with zero attached hydrogens (tertiary/aromatic N) is 5. The lowest BCUT2D eigenvalue weighted by Crippen LogP contribution is -2.57. The van der Waals surface area contributed by atoms with Crippen LogP contribution in [0.15, 0.2) is 40.5 Å². The number of alkyl halides is 3. The summed E-state index contributed by atoms with van der Waals surface area (Å²) >= 11 is 6.14. The van der Waals surface area contributed by atoms with Crippen LogP contribution in [0.2, 0.25) is 5.02 Å². The highest BCUT2D eigenvalue weighted by atomic mass is 35.5. The van der Waals surface area contributed by atoms with Gasteiger partial charge in [-0.15, -0.1) is 0 Å². The fourth-order valence-corrected chi connectivity index (χ4v) is 7.19. The molecular formula is C30H43ClF3N5O4S. The van der Waals surface area contributed by atoms with Crippen molar-refractivity contribution in [3.63, 3.8) is 0 Å². The molecule has 1 unspecified atom stereocenters. The van der Waals surface area contributed by atoms with Gasteiger partial charge >= 0.3 is 12.3 Å². The van der Waals surface area contributed by atoms with Crippen LogP contribution < -0.4 is 0 Å². The summed E-state index contributed by atoms with van der Waals surface area (Å²) in [4.78, 5) is 27.6. The molecule has 2 heterocycles. The van der Waals surface area contributed by atoms with Crippen LogP contribution in [0.4, 0.5) is 18.0 Å². The smallest absolute Gasteiger partial charge is 0.416 e. The molecule has 1 aromatic carbocycles. The largest absolute Gasteiger partial charge is 0.447 e. The summed E-state index contributed by atoms with van der Waals surface area (Å²) in [6, 6.07) is 2.88. The Hall–Kier alpha value is -2.80. The number of allylic oxidation sites excluding steroid dienone is 1. The van der Waals surface area contributed by atoms with Gasteiger partial charge in [-0.25, -0.2) is 18.2 Å². The summed E-state index contributed by atoms with van der Waals surface area (Å²) in [6.07, 6.45) is -1.38. The Morgan fingerprint density at radius 1 is 1.16 bits per heavy atom. The van der Waals surface area contributed by atoms with Crippen LogP contribution in [0.1, 0.15) is 64.5 Å². The SMILES string of the molecule is C=C(C=NC(=NC)N(Cc1cc(Cl)cc(C(F)(F)F)c1)C1C[C@@H](CC)N(C(=O)OC(C)C)[C@@H](CC)C1)N1CCS(=O)(=O)CC1. The molecule has 2 aliphatic rings. The number of ether oxygens (including phenoxy) is 1. The van der Waals surface area contributed by atoms with Gasteiger partial charge in [0.2, 0.25) is 5.96 Å². The van der Waals surface area contributed by atoms with Crippen molar-refractivity contribution in [3.8, 4) is 0 Å². The van der Waals surface area contributed by atoms with Crippen molar-refractivity contribution in [2.45, 2.75) is 90.3 Å². The molecule has 0 bridgehead atoms. The Labute approximate surface area is 263 Å². The molecule has 14 heteroatoms. The van der Waals surface area contributed by atoms with E-state index in [1.807, 2.05) is 23.6 Å². The van der Waals surface area contributed by atoms with Gasteiger partial charge in [-0.3, -0.25) is 4.99 Å². The average Bonchev–Trinajstić information content (AvgIpc) is 2.94. The van der Waals surface area contributed by atoms with E-state index in [1.54, 1.807) is 25.8 Å². The van der Waals surface area contributed by atoms with Gasteiger partial charge in [0, 0.05) is 55.5 Å². The van der Waals surface area contributed by atoms with Gasteiger partial charge in [0.25, 0.3) is 0 Å². The highest BCUT2D eigenvalue weighted by molar-refractivity contribution is 7.91. The molecular weight excluding hydrogens is 619 g/mol. The number of carbonyl (C=O) groups is 1. The lowest BCUT2D eigenvalue weighted by Gasteiger charge is -2.47. The molecule has 0 aliphatic carbocycles. The third-order valence-corrected chi connectivity index (χ3v) is 9.81. The average molecular weight is 662 g/mol. The number of piperidine rings is 1. The Bertz CT molecular complexity index is 1320. The Morgan fingerprint density at radius 2 is 1.75 bits per heavy atom. The minimum absolute atomic E-state index is 0.0195. The van der Waals surface area contributed by atoms with Gasteiger partial charge in [-0.1, -0.05) is 32.0 Å². The highest BCUT2D eigenvalue weighted by Gasteiger charge is 2.41. The number of amides is 1. The summed E-state index contributed by atoms with van der Waals surface area (Å²) in [5, 5.41) is -0.0363.